The molecule has 0 saturated carbocycles. The summed E-state index contributed by atoms with van der Waals surface area (Å²) in [5, 5.41) is 13.1. The van der Waals surface area contributed by atoms with Crippen LogP contribution in [-0.4, -0.2) is 18.1 Å². The van der Waals surface area contributed by atoms with Crippen molar-refractivity contribution < 1.29 is 5.21 Å². The summed E-state index contributed by atoms with van der Waals surface area (Å²) in [5.41, 5.74) is 8.11. The van der Waals surface area contributed by atoms with Crippen molar-refractivity contribution in [1.29, 1.82) is 0 Å². The third kappa shape index (κ3) is 3.60. The fourth-order valence-corrected chi connectivity index (χ4v) is 2.48. The highest BCUT2D eigenvalue weighted by molar-refractivity contribution is 6.35. The van der Waals surface area contributed by atoms with Crippen LogP contribution in [0.3, 0.4) is 0 Å². The van der Waals surface area contributed by atoms with E-state index >= 15 is 0 Å². The molecule has 0 amide bonds. The lowest BCUT2D eigenvalue weighted by Crippen LogP contribution is -2.23. The van der Waals surface area contributed by atoms with Gasteiger partial charge < -0.3 is 15.8 Å². The van der Waals surface area contributed by atoms with E-state index in [1.54, 1.807) is 6.07 Å². The summed E-state index contributed by atoms with van der Waals surface area (Å²) in [4.78, 5) is 1.97. The SMILES string of the molecule is CN(Cc1ccc(Cl)cc1)c1cccc(Cl)c1C(N)=NO. The van der Waals surface area contributed by atoms with Crippen molar-refractivity contribution in [2.24, 2.45) is 10.9 Å². The zero-order valence-corrected chi connectivity index (χ0v) is 12.9. The van der Waals surface area contributed by atoms with E-state index in [1.807, 2.05) is 48.3 Å². The lowest BCUT2D eigenvalue weighted by Gasteiger charge is -2.23. The second-order valence-corrected chi connectivity index (χ2v) is 5.45. The van der Waals surface area contributed by atoms with Crippen molar-refractivity contribution in [1.82, 2.24) is 0 Å². The van der Waals surface area contributed by atoms with E-state index in [2.05, 4.69) is 5.16 Å². The Kier molecular flexibility index (Phi) is 4.94. The molecule has 0 radical (unpaired) electrons. The van der Waals surface area contributed by atoms with E-state index in [4.69, 9.17) is 34.1 Å². The molecule has 2 rings (SSSR count). The molecule has 0 atom stereocenters. The number of halogens is 2. The largest absolute Gasteiger partial charge is 0.409 e. The van der Waals surface area contributed by atoms with Crippen LogP contribution in [0.15, 0.2) is 47.6 Å². The van der Waals surface area contributed by atoms with Crippen molar-refractivity contribution in [2.75, 3.05) is 11.9 Å². The molecule has 0 aliphatic carbocycles. The summed E-state index contributed by atoms with van der Waals surface area (Å²) in [7, 11) is 1.91. The van der Waals surface area contributed by atoms with Crippen LogP contribution in [0.25, 0.3) is 0 Å². The molecule has 4 nitrogen and oxygen atoms in total. The second kappa shape index (κ2) is 6.70. The maximum Gasteiger partial charge on any atom is 0.173 e. The Morgan fingerprint density at radius 3 is 2.48 bits per heavy atom. The average Bonchev–Trinajstić information content (AvgIpc) is 2.48. The van der Waals surface area contributed by atoms with Gasteiger partial charge in [0.15, 0.2) is 5.84 Å². The number of hydrogen-bond donors (Lipinski definition) is 2. The number of oxime groups is 1. The van der Waals surface area contributed by atoms with Gasteiger partial charge in [-0.2, -0.15) is 0 Å². The normalized spacial score (nSPS) is 11.5. The van der Waals surface area contributed by atoms with Crippen LogP contribution in [0.5, 0.6) is 0 Å². The summed E-state index contributed by atoms with van der Waals surface area (Å²) >= 11 is 12.0. The molecule has 6 heteroatoms. The highest BCUT2D eigenvalue weighted by atomic mass is 35.5. The highest BCUT2D eigenvalue weighted by Crippen LogP contribution is 2.27. The van der Waals surface area contributed by atoms with Gasteiger partial charge in [-0.25, -0.2) is 0 Å². The van der Waals surface area contributed by atoms with E-state index in [0.29, 0.717) is 22.2 Å². The lowest BCUT2D eigenvalue weighted by molar-refractivity contribution is 0.318. The molecule has 0 spiro atoms. The molecule has 2 aromatic carbocycles. The third-order valence-electron chi connectivity index (χ3n) is 3.10. The molecule has 0 aromatic heterocycles. The molecule has 21 heavy (non-hydrogen) atoms. The monoisotopic (exact) mass is 323 g/mol. The summed E-state index contributed by atoms with van der Waals surface area (Å²) in [6.45, 7) is 0.642. The molecule has 0 heterocycles. The van der Waals surface area contributed by atoms with Gasteiger partial charge in [-0.15, -0.1) is 0 Å². The maximum absolute atomic E-state index is 8.91. The van der Waals surface area contributed by atoms with Crippen molar-refractivity contribution in [3.63, 3.8) is 0 Å². The minimum absolute atomic E-state index is 0.0152. The van der Waals surface area contributed by atoms with Crippen molar-refractivity contribution in [3.05, 3.63) is 63.6 Å². The van der Waals surface area contributed by atoms with E-state index in [1.165, 1.54) is 0 Å². The second-order valence-electron chi connectivity index (χ2n) is 4.60. The molecule has 0 aliphatic rings. The lowest BCUT2D eigenvalue weighted by atomic mass is 10.1. The first-order valence-electron chi connectivity index (χ1n) is 6.25. The van der Waals surface area contributed by atoms with Gasteiger partial charge in [-0.1, -0.05) is 46.6 Å². The number of benzene rings is 2. The van der Waals surface area contributed by atoms with Crippen LogP contribution in [0.2, 0.25) is 10.0 Å². The molecular weight excluding hydrogens is 309 g/mol. The zero-order chi connectivity index (χ0) is 15.4. The summed E-state index contributed by atoms with van der Waals surface area (Å²) in [6, 6.07) is 13.0. The summed E-state index contributed by atoms with van der Waals surface area (Å²) in [6.07, 6.45) is 0. The molecule has 0 bridgehead atoms. The molecule has 110 valence electrons. The summed E-state index contributed by atoms with van der Waals surface area (Å²) < 4.78 is 0. The molecule has 0 unspecified atom stereocenters. The fourth-order valence-electron chi connectivity index (χ4n) is 2.08. The Morgan fingerprint density at radius 2 is 1.86 bits per heavy atom. The highest BCUT2D eigenvalue weighted by Gasteiger charge is 2.15. The third-order valence-corrected chi connectivity index (χ3v) is 3.67. The van der Waals surface area contributed by atoms with E-state index in [0.717, 1.165) is 11.3 Å². The number of nitrogens with zero attached hydrogens (tertiary/aromatic N) is 2. The average molecular weight is 324 g/mol. The molecule has 0 saturated heterocycles. The van der Waals surface area contributed by atoms with Gasteiger partial charge in [0, 0.05) is 24.3 Å². The van der Waals surface area contributed by atoms with Crippen LogP contribution in [0.4, 0.5) is 5.69 Å². The Bertz CT molecular complexity index is 656. The number of hydrogen-bond acceptors (Lipinski definition) is 3. The Balaban J connectivity index is 2.33. The zero-order valence-electron chi connectivity index (χ0n) is 11.4. The van der Waals surface area contributed by atoms with Crippen LogP contribution >= 0.6 is 23.2 Å². The predicted octanol–water partition coefficient (Wildman–Crippen LogP) is 3.72. The number of nitrogens with two attached hydrogens (primary N) is 1. The minimum Gasteiger partial charge on any atom is -0.409 e. The maximum atomic E-state index is 8.91. The van der Waals surface area contributed by atoms with Gasteiger partial charge in [0.25, 0.3) is 0 Å². The standard InChI is InChI=1S/C15H15Cl2N3O/c1-20(9-10-5-7-11(16)8-6-10)13-4-2-3-12(17)14(13)15(18)19-21/h2-8,21H,9H2,1H3,(H2,18,19). The van der Waals surface area contributed by atoms with Gasteiger partial charge in [0.05, 0.1) is 10.6 Å². The van der Waals surface area contributed by atoms with Gasteiger partial charge in [0.2, 0.25) is 0 Å². The Hall–Kier alpha value is -1.91. The number of anilines is 1. The van der Waals surface area contributed by atoms with Gasteiger partial charge in [-0.05, 0) is 29.8 Å². The van der Waals surface area contributed by atoms with Crippen LogP contribution in [0, 0.1) is 0 Å². The van der Waals surface area contributed by atoms with Gasteiger partial charge in [-0.3, -0.25) is 0 Å². The van der Waals surface area contributed by atoms with E-state index < -0.39 is 0 Å². The molecule has 0 aliphatic heterocycles. The number of rotatable bonds is 4. The van der Waals surface area contributed by atoms with E-state index in [9.17, 15) is 0 Å². The summed E-state index contributed by atoms with van der Waals surface area (Å²) in [5.74, 6) is -0.0152. The first-order valence-corrected chi connectivity index (χ1v) is 7.00. The van der Waals surface area contributed by atoms with Crippen LogP contribution in [-0.2, 0) is 6.54 Å². The molecule has 0 fully saturated rings. The molecule has 3 N–H and O–H groups in total. The van der Waals surface area contributed by atoms with Gasteiger partial charge >= 0.3 is 0 Å². The van der Waals surface area contributed by atoms with E-state index in [-0.39, 0.29) is 5.84 Å². The fraction of sp³-hybridized carbons (Fsp3) is 0.133. The van der Waals surface area contributed by atoms with Gasteiger partial charge in [0.1, 0.15) is 0 Å². The first kappa shape index (κ1) is 15.5. The molecule has 2 aromatic rings. The minimum atomic E-state index is -0.0152. The quantitative estimate of drug-likeness (QED) is 0.390. The smallest absolute Gasteiger partial charge is 0.173 e. The Morgan fingerprint density at radius 1 is 1.19 bits per heavy atom. The van der Waals surface area contributed by atoms with Crippen molar-refractivity contribution >= 4 is 34.7 Å². The van der Waals surface area contributed by atoms with Crippen LogP contribution in [0.1, 0.15) is 11.1 Å². The Labute approximate surface area is 133 Å². The van der Waals surface area contributed by atoms with Crippen molar-refractivity contribution in [3.8, 4) is 0 Å². The van der Waals surface area contributed by atoms with Crippen LogP contribution < -0.4 is 10.6 Å². The number of amidine groups is 1. The predicted molar refractivity (Wildman–Crippen MR) is 87.5 cm³/mol. The molecular formula is C15H15Cl2N3O. The first-order chi connectivity index (χ1) is 10.0. The van der Waals surface area contributed by atoms with Crippen molar-refractivity contribution in [2.45, 2.75) is 6.54 Å². The topological polar surface area (TPSA) is 61.8 Å².